The number of nitrogens with zero attached hydrogens (tertiary/aromatic N) is 5. The molecule has 2 amide bonds. The van der Waals surface area contributed by atoms with E-state index in [0.717, 1.165) is 42.5 Å². The molecule has 9 heteroatoms. The van der Waals surface area contributed by atoms with Crippen molar-refractivity contribution in [3.8, 4) is 11.3 Å². The second-order valence-electron chi connectivity index (χ2n) is 13.5. The van der Waals surface area contributed by atoms with Gasteiger partial charge in [-0.05, 0) is 66.8 Å². The molecule has 40 heavy (non-hydrogen) atoms. The number of imidazole rings is 1. The monoisotopic (exact) mass is 548 g/mol. The maximum Gasteiger partial charge on any atom is 0.313 e. The van der Waals surface area contributed by atoms with Crippen LogP contribution in [0.25, 0.3) is 16.9 Å². The normalized spacial score (nSPS) is 26.8. The second kappa shape index (κ2) is 9.09. The lowest BCUT2D eigenvalue weighted by Gasteiger charge is -2.44. The summed E-state index contributed by atoms with van der Waals surface area (Å²) in [5.74, 6) is -0.257. The lowest BCUT2D eigenvalue weighted by Crippen LogP contribution is -2.69. The minimum atomic E-state index is -0.748. The summed E-state index contributed by atoms with van der Waals surface area (Å²) in [5.41, 5.74) is 2.78. The van der Waals surface area contributed by atoms with Gasteiger partial charge in [-0.25, -0.2) is 4.39 Å². The van der Waals surface area contributed by atoms with Crippen LogP contribution < -0.4 is 4.57 Å². The zero-order chi connectivity index (χ0) is 28.6. The smallest absolute Gasteiger partial charge is 0.313 e. The summed E-state index contributed by atoms with van der Waals surface area (Å²) in [6.45, 7) is 12.1. The number of hydrogen-bond donors (Lipinski definition) is 1. The number of rotatable bonds is 3. The highest BCUT2D eigenvalue weighted by Gasteiger charge is 2.57. The number of aromatic nitrogens is 3. The Morgan fingerprint density at radius 3 is 2.45 bits per heavy atom. The third-order valence-corrected chi connectivity index (χ3v) is 9.45. The number of carbonyl (C=O) groups excluding carboxylic acids is 2. The molecule has 1 unspecified atom stereocenters. The Balaban J connectivity index is 1.40. The third kappa shape index (κ3) is 4.12. The topological polar surface area (TPSA) is 82.0 Å². The summed E-state index contributed by atoms with van der Waals surface area (Å²) in [6, 6.07) is 8.32. The number of fused-ring (bicyclic) bond motifs is 5. The Morgan fingerprint density at radius 2 is 1.82 bits per heavy atom. The van der Waals surface area contributed by atoms with E-state index in [1.54, 1.807) is 22.8 Å². The lowest BCUT2D eigenvalue weighted by atomic mass is 9.72. The van der Waals surface area contributed by atoms with Crippen molar-refractivity contribution in [3.05, 3.63) is 53.6 Å². The standard InChI is InChI=1S/C31H39FN5O3/c1-29(2,3)23-16-24(20-6-8-22(32)9-7-20)33-36-17-25-28(40)35-15-14-34(18-31(35,5)37(25)26(23)36)27(39)21-10-12-30(4,19-38)13-11-21/h6-9,16-17,21,38H,10-15,18-19H2,1-5H3/q+1. The van der Waals surface area contributed by atoms with E-state index < -0.39 is 5.66 Å². The molecular formula is C31H39FN5O3+. The first-order valence-electron chi connectivity index (χ1n) is 14.3. The Bertz CT molecular complexity index is 1500. The fourth-order valence-electron chi connectivity index (χ4n) is 6.87. The molecule has 0 bridgehead atoms. The van der Waals surface area contributed by atoms with Gasteiger partial charge in [0.25, 0.3) is 0 Å². The van der Waals surface area contributed by atoms with Crippen LogP contribution in [0.3, 0.4) is 0 Å². The van der Waals surface area contributed by atoms with Crippen molar-refractivity contribution in [3.63, 3.8) is 0 Å². The molecule has 1 aromatic carbocycles. The molecule has 4 heterocycles. The van der Waals surface area contributed by atoms with E-state index in [4.69, 9.17) is 5.10 Å². The molecule has 1 atom stereocenters. The van der Waals surface area contributed by atoms with Gasteiger partial charge in [0.1, 0.15) is 11.5 Å². The van der Waals surface area contributed by atoms with Gasteiger partial charge in [0.05, 0.1) is 12.1 Å². The van der Waals surface area contributed by atoms with Gasteiger partial charge in [0.15, 0.2) is 6.20 Å². The van der Waals surface area contributed by atoms with Gasteiger partial charge >= 0.3 is 11.6 Å². The van der Waals surface area contributed by atoms with Gasteiger partial charge in [0.2, 0.25) is 17.3 Å². The van der Waals surface area contributed by atoms with Crippen molar-refractivity contribution in [2.45, 2.75) is 71.4 Å². The van der Waals surface area contributed by atoms with Gasteiger partial charge in [-0.15, -0.1) is 0 Å². The van der Waals surface area contributed by atoms with Crippen molar-refractivity contribution in [2.75, 3.05) is 26.2 Å². The SMILES string of the molecule is CC1(CO)CCC(C(=O)N2CCN3C(=O)c4cn5nc(-c6ccc(F)cc6)cc(C(C)(C)C)c5[n+]4C3(C)C2)CC1. The number of aliphatic hydroxyl groups is 1. The van der Waals surface area contributed by atoms with Crippen LogP contribution in [0, 0.1) is 17.2 Å². The molecule has 3 aromatic rings. The Morgan fingerprint density at radius 1 is 1.15 bits per heavy atom. The number of halogens is 1. The third-order valence-electron chi connectivity index (χ3n) is 9.45. The predicted octanol–water partition coefficient (Wildman–Crippen LogP) is 3.88. The van der Waals surface area contributed by atoms with Crippen LogP contribution in [0.15, 0.2) is 36.5 Å². The molecule has 8 nitrogen and oxygen atoms in total. The van der Waals surface area contributed by atoms with Crippen LogP contribution in [-0.4, -0.2) is 62.6 Å². The Labute approximate surface area is 234 Å². The number of carbonyl (C=O) groups is 2. The molecular weight excluding hydrogens is 509 g/mol. The van der Waals surface area contributed by atoms with Crippen molar-refractivity contribution < 1.29 is 23.7 Å². The fourth-order valence-corrected chi connectivity index (χ4v) is 6.87. The summed E-state index contributed by atoms with van der Waals surface area (Å²) < 4.78 is 17.5. The average molecular weight is 549 g/mol. The molecule has 0 radical (unpaired) electrons. The van der Waals surface area contributed by atoms with Gasteiger partial charge in [0, 0.05) is 38.1 Å². The number of hydrogen-bond acceptors (Lipinski definition) is 4. The summed E-state index contributed by atoms with van der Waals surface area (Å²) in [4.78, 5) is 31.3. The molecule has 2 aromatic heterocycles. The van der Waals surface area contributed by atoms with Crippen molar-refractivity contribution in [1.82, 2.24) is 19.4 Å². The van der Waals surface area contributed by atoms with Crippen LogP contribution >= 0.6 is 0 Å². The summed E-state index contributed by atoms with van der Waals surface area (Å²) in [5, 5.41) is 14.6. The molecule has 1 saturated carbocycles. The Kier molecular flexibility index (Phi) is 6.11. The highest BCUT2D eigenvalue weighted by Crippen LogP contribution is 2.40. The molecule has 0 spiro atoms. The summed E-state index contributed by atoms with van der Waals surface area (Å²) >= 11 is 0. The first kappa shape index (κ1) is 26.9. The zero-order valence-electron chi connectivity index (χ0n) is 24.1. The minimum absolute atomic E-state index is 0.0489. The average Bonchev–Trinajstić information content (AvgIpc) is 3.41. The van der Waals surface area contributed by atoms with Crippen molar-refractivity contribution in [1.29, 1.82) is 0 Å². The van der Waals surface area contributed by atoms with Crippen LogP contribution in [0.5, 0.6) is 0 Å². The maximum absolute atomic E-state index is 13.7. The van der Waals surface area contributed by atoms with E-state index in [1.807, 2.05) is 22.8 Å². The van der Waals surface area contributed by atoms with Crippen LogP contribution in [0.2, 0.25) is 0 Å². The molecule has 212 valence electrons. The van der Waals surface area contributed by atoms with Gasteiger partial charge in [-0.3, -0.25) is 14.5 Å². The van der Waals surface area contributed by atoms with Crippen LogP contribution in [0.4, 0.5) is 4.39 Å². The quantitative estimate of drug-likeness (QED) is 0.504. The van der Waals surface area contributed by atoms with E-state index in [-0.39, 0.29) is 41.0 Å². The van der Waals surface area contributed by atoms with E-state index in [9.17, 15) is 19.1 Å². The van der Waals surface area contributed by atoms with Gasteiger partial charge in [-0.2, -0.15) is 4.57 Å². The molecule has 3 aliphatic rings. The van der Waals surface area contributed by atoms with Crippen LogP contribution in [0.1, 0.15) is 76.4 Å². The molecule has 2 fully saturated rings. The fraction of sp³-hybridized carbons (Fsp3) is 0.548. The van der Waals surface area contributed by atoms with E-state index in [1.165, 1.54) is 12.1 Å². The van der Waals surface area contributed by atoms with Crippen LogP contribution in [-0.2, 0) is 15.9 Å². The predicted molar refractivity (Wildman–Crippen MR) is 148 cm³/mol. The van der Waals surface area contributed by atoms with Gasteiger partial charge in [-0.1, -0.05) is 37.3 Å². The number of piperazine rings is 1. The van der Waals surface area contributed by atoms with E-state index in [2.05, 4.69) is 32.3 Å². The first-order valence-corrected chi connectivity index (χ1v) is 14.3. The van der Waals surface area contributed by atoms with Crippen molar-refractivity contribution in [2.24, 2.45) is 11.3 Å². The lowest BCUT2D eigenvalue weighted by molar-refractivity contribution is -0.749. The highest BCUT2D eigenvalue weighted by molar-refractivity contribution is 5.93. The van der Waals surface area contributed by atoms with E-state index in [0.29, 0.717) is 31.0 Å². The number of amides is 2. The molecule has 1 aliphatic carbocycles. The van der Waals surface area contributed by atoms with Gasteiger partial charge < -0.3 is 10.0 Å². The number of aliphatic hydroxyl groups excluding tert-OH is 1. The maximum atomic E-state index is 13.7. The van der Waals surface area contributed by atoms with E-state index >= 15 is 0 Å². The number of benzene rings is 1. The largest absolute Gasteiger partial charge is 0.396 e. The molecule has 1 saturated heterocycles. The zero-order valence-corrected chi connectivity index (χ0v) is 24.1. The second-order valence-corrected chi connectivity index (χ2v) is 13.5. The molecule has 2 aliphatic heterocycles. The minimum Gasteiger partial charge on any atom is -0.396 e. The molecule has 1 N–H and O–H groups in total. The summed E-state index contributed by atoms with van der Waals surface area (Å²) in [7, 11) is 0. The summed E-state index contributed by atoms with van der Waals surface area (Å²) in [6.07, 6.45) is 5.05. The first-order chi connectivity index (χ1) is 18.8. The highest BCUT2D eigenvalue weighted by atomic mass is 19.1. The van der Waals surface area contributed by atoms with Crippen molar-refractivity contribution >= 4 is 17.5 Å². The Hall–Kier alpha value is -3.33. The molecule has 6 rings (SSSR count).